The molecule has 0 spiro atoms. The molecule has 9 heteroatoms. The number of fused-ring (bicyclic) bond motifs is 2. The van der Waals surface area contributed by atoms with E-state index in [4.69, 9.17) is 9.47 Å². The summed E-state index contributed by atoms with van der Waals surface area (Å²) in [5.74, 6) is 1.45. The van der Waals surface area contributed by atoms with E-state index in [2.05, 4.69) is 10.2 Å². The van der Waals surface area contributed by atoms with Crippen LogP contribution < -0.4 is 9.47 Å². The first kappa shape index (κ1) is 20.6. The minimum Gasteiger partial charge on any atom is -0.485 e. The number of amides is 2. The number of benzene rings is 2. The number of carbonyl (C=O) groups is 2. The second-order valence-corrected chi connectivity index (χ2v) is 8.56. The molecule has 1 atom stereocenters. The van der Waals surface area contributed by atoms with Gasteiger partial charge < -0.3 is 19.3 Å². The topological polar surface area (TPSA) is 84.9 Å². The minimum absolute atomic E-state index is 0.0306. The van der Waals surface area contributed by atoms with Gasteiger partial charge in [0, 0.05) is 37.0 Å². The van der Waals surface area contributed by atoms with Gasteiger partial charge in [0.05, 0.1) is 11.9 Å². The van der Waals surface area contributed by atoms with Gasteiger partial charge in [-0.3, -0.25) is 9.59 Å². The van der Waals surface area contributed by atoms with Crippen molar-refractivity contribution in [2.75, 3.05) is 38.5 Å². The molecule has 2 amide bonds. The maximum absolute atomic E-state index is 12.9. The first-order chi connectivity index (χ1) is 15.7. The summed E-state index contributed by atoms with van der Waals surface area (Å²) in [4.78, 5) is 29.1. The average molecular weight is 451 g/mol. The number of thioether (sulfide) groups is 1. The van der Waals surface area contributed by atoms with Crippen LogP contribution in [0.3, 0.4) is 0 Å². The Labute approximate surface area is 189 Å². The van der Waals surface area contributed by atoms with Gasteiger partial charge in [-0.05, 0) is 12.1 Å². The molecule has 32 heavy (non-hydrogen) atoms. The van der Waals surface area contributed by atoms with Crippen LogP contribution in [0.15, 0.2) is 59.8 Å². The number of para-hydroxylation sites is 2. The summed E-state index contributed by atoms with van der Waals surface area (Å²) in [6, 6.07) is 15.2. The Kier molecular flexibility index (Phi) is 5.81. The normalized spacial score (nSPS) is 17.9. The summed E-state index contributed by atoms with van der Waals surface area (Å²) in [5.41, 5.74) is 0. The molecule has 0 N–H and O–H groups in total. The van der Waals surface area contributed by atoms with Gasteiger partial charge in [-0.2, -0.15) is 5.10 Å². The SMILES string of the molecule is O=C(CSc1nncc2ccccc12)N1CCN(C(=O)C2COc3ccccc3O2)CC1. The van der Waals surface area contributed by atoms with Crippen molar-refractivity contribution in [1.29, 1.82) is 0 Å². The Hall–Kier alpha value is -3.33. The highest BCUT2D eigenvalue weighted by Gasteiger charge is 2.33. The van der Waals surface area contributed by atoms with Crippen LogP contribution in [0.5, 0.6) is 11.5 Å². The summed E-state index contributed by atoms with van der Waals surface area (Å²) in [5, 5.41) is 11.0. The largest absolute Gasteiger partial charge is 0.485 e. The zero-order chi connectivity index (χ0) is 21.9. The molecule has 5 rings (SSSR count). The molecule has 0 radical (unpaired) electrons. The van der Waals surface area contributed by atoms with Crippen molar-refractivity contribution in [2.45, 2.75) is 11.1 Å². The average Bonchev–Trinajstić information content (AvgIpc) is 2.86. The van der Waals surface area contributed by atoms with Gasteiger partial charge in [0.1, 0.15) is 11.6 Å². The minimum atomic E-state index is -0.660. The van der Waals surface area contributed by atoms with E-state index in [9.17, 15) is 9.59 Å². The predicted octanol–water partition coefficient (Wildman–Crippen LogP) is 2.23. The van der Waals surface area contributed by atoms with Crippen LogP contribution in [0, 0.1) is 0 Å². The Morgan fingerprint density at radius 3 is 2.53 bits per heavy atom. The second-order valence-electron chi connectivity index (χ2n) is 7.60. The third-order valence-corrected chi connectivity index (χ3v) is 6.56. The highest BCUT2D eigenvalue weighted by molar-refractivity contribution is 8.00. The fourth-order valence-electron chi connectivity index (χ4n) is 3.85. The van der Waals surface area contributed by atoms with E-state index < -0.39 is 6.10 Å². The molecule has 0 saturated carbocycles. The fourth-order valence-corrected chi connectivity index (χ4v) is 4.74. The van der Waals surface area contributed by atoms with Crippen molar-refractivity contribution in [1.82, 2.24) is 20.0 Å². The van der Waals surface area contributed by atoms with E-state index in [0.717, 1.165) is 15.8 Å². The molecule has 3 heterocycles. The summed E-state index contributed by atoms with van der Waals surface area (Å²) in [6.45, 7) is 2.14. The molecule has 8 nitrogen and oxygen atoms in total. The molecular formula is C23H22N4O4S. The zero-order valence-electron chi connectivity index (χ0n) is 17.3. The van der Waals surface area contributed by atoms with E-state index in [1.54, 1.807) is 22.1 Å². The molecule has 0 aliphatic carbocycles. The van der Waals surface area contributed by atoms with Crippen molar-refractivity contribution < 1.29 is 19.1 Å². The summed E-state index contributed by atoms with van der Waals surface area (Å²) in [7, 11) is 0. The lowest BCUT2D eigenvalue weighted by atomic mass is 10.2. The van der Waals surface area contributed by atoms with Crippen molar-refractivity contribution in [3.05, 3.63) is 54.7 Å². The van der Waals surface area contributed by atoms with E-state index in [0.29, 0.717) is 37.7 Å². The zero-order valence-corrected chi connectivity index (χ0v) is 18.2. The summed E-state index contributed by atoms with van der Waals surface area (Å²) in [6.07, 6.45) is 1.06. The van der Waals surface area contributed by atoms with Gasteiger partial charge in [-0.1, -0.05) is 48.2 Å². The molecule has 1 fully saturated rings. The Balaban J connectivity index is 1.13. The molecular weight excluding hydrogens is 428 g/mol. The van der Waals surface area contributed by atoms with Crippen LogP contribution in [0.4, 0.5) is 0 Å². The Morgan fingerprint density at radius 1 is 0.969 bits per heavy atom. The lowest BCUT2D eigenvalue weighted by Gasteiger charge is -2.37. The molecule has 2 aromatic carbocycles. The summed E-state index contributed by atoms with van der Waals surface area (Å²) < 4.78 is 11.5. The smallest absolute Gasteiger partial charge is 0.267 e. The molecule has 1 aromatic heterocycles. The van der Waals surface area contributed by atoms with Crippen LogP contribution in [0.25, 0.3) is 10.8 Å². The monoisotopic (exact) mass is 450 g/mol. The number of nitrogens with zero attached hydrogens (tertiary/aromatic N) is 4. The maximum Gasteiger partial charge on any atom is 0.267 e. The van der Waals surface area contributed by atoms with Crippen molar-refractivity contribution in [3.63, 3.8) is 0 Å². The predicted molar refractivity (Wildman–Crippen MR) is 120 cm³/mol. The molecule has 1 saturated heterocycles. The van der Waals surface area contributed by atoms with Gasteiger partial charge in [-0.15, -0.1) is 5.10 Å². The first-order valence-electron chi connectivity index (χ1n) is 10.5. The molecule has 1 unspecified atom stereocenters. The number of piperazine rings is 1. The number of aromatic nitrogens is 2. The standard InChI is InChI=1S/C23H22N4O4S/c28-21(15-32-22-17-6-2-1-5-16(17)13-24-25-22)26-9-11-27(12-10-26)23(29)20-14-30-18-7-3-4-8-19(18)31-20/h1-8,13,20H,9-12,14-15H2. The van der Waals surface area contributed by atoms with E-state index >= 15 is 0 Å². The third kappa shape index (κ3) is 4.20. The van der Waals surface area contributed by atoms with Crippen LogP contribution in [0.1, 0.15) is 0 Å². The van der Waals surface area contributed by atoms with Crippen molar-refractivity contribution >= 4 is 34.3 Å². The molecule has 2 aliphatic heterocycles. The fraction of sp³-hybridized carbons (Fsp3) is 0.304. The third-order valence-electron chi connectivity index (χ3n) is 5.60. The van der Waals surface area contributed by atoms with Crippen LogP contribution >= 0.6 is 11.8 Å². The van der Waals surface area contributed by atoms with E-state index in [1.807, 2.05) is 42.5 Å². The number of carbonyl (C=O) groups excluding carboxylic acids is 2. The molecule has 164 valence electrons. The van der Waals surface area contributed by atoms with Crippen LogP contribution in [-0.4, -0.2) is 76.5 Å². The maximum atomic E-state index is 12.9. The molecule has 2 aliphatic rings. The number of ether oxygens (including phenoxy) is 2. The van der Waals surface area contributed by atoms with Crippen molar-refractivity contribution in [2.24, 2.45) is 0 Å². The van der Waals surface area contributed by atoms with Gasteiger partial charge >= 0.3 is 0 Å². The molecule has 3 aromatic rings. The lowest BCUT2D eigenvalue weighted by Crippen LogP contribution is -2.55. The van der Waals surface area contributed by atoms with E-state index in [-0.39, 0.29) is 24.2 Å². The van der Waals surface area contributed by atoms with Crippen LogP contribution in [-0.2, 0) is 9.59 Å². The van der Waals surface area contributed by atoms with Gasteiger partial charge in [0.25, 0.3) is 5.91 Å². The Morgan fingerprint density at radius 2 is 1.69 bits per heavy atom. The van der Waals surface area contributed by atoms with Crippen molar-refractivity contribution in [3.8, 4) is 11.5 Å². The van der Waals surface area contributed by atoms with Gasteiger partial charge in [0.2, 0.25) is 12.0 Å². The highest BCUT2D eigenvalue weighted by atomic mass is 32.2. The lowest BCUT2D eigenvalue weighted by molar-refractivity contribution is -0.145. The Bertz CT molecular complexity index is 1140. The number of rotatable bonds is 4. The first-order valence-corrected chi connectivity index (χ1v) is 11.5. The van der Waals surface area contributed by atoms with E-state index in [1.165, 1.54) is 11.8 Å². The van der Waals surface area contributed by atoms with Gasteiger partial charge in [-0.25, -0.2) is 0 Å². The molecule has 0 bridgehead atoms. The second kappa shape index (κ2) is 9.04. The number of hydrogen-bond donors (Lipinski definition) is 0. The highest BCUT2D eigenvalue weighted by Crippen LogP contribution is 2.31. The van der Waals surface area contributed by atoms with Crippen LogP contribution in [0.2, 0.25) is 0 Å². The quantitative estimate of drug-likeness (QED) is 0.564. The number of hydrogen-bond acceptors (Lipinski definition) is 7. The summed E-state index contributed by atoms with van der Waals surface area (Å²) >= 11 is 1.39. The van der Waals surface area contributed by atoms with Gasteiger partial charge in [0.15, 0.2) is 11.5 Å².